The van der Waals surface area contributed by atoms with Crippen LogP contribution in [0.5, 0.6) is 0 Å². The molecule has 25 heavy (non-hydrogen) atoms. The highest BCUT2D eigenvalue weighted by molar-refractivity contribution is 7.99. The van der Waals surface area contributed by atoms with E-state index in [4.69, 9.17) is 21.6 Å². The first-order valence-corrected chi connectivity index (χ1v) is 8.89. The van der Waals surface area contributed by atoms with Crippen molar-refractivity contribution in [3.63, 3.8) is 0 Å². The van der Waals surface area contributed by atoms with Crippen LogP contribution in [0, 0.1) is 11.3 Å². The Morgan fingerprint density at radius 2 is 2.08 bits per heavy atom. The Bertz CT molecular complexity index is 935. The number of fused-ring (bicyclic) bond motifs is 1. The first-order chi connectivity index (χ1) is 12.2. The maximum absolute atomic E-state index is 11.7. The summed E-state index contributed by atoms with van der Waals surface area (Å²) >= 11 is 7.35. The van der Waals surface area contributed by atoms with Crippen LogP contribution in [0.4, 0.5) is 0 Å². The second-order valence-corrected chi connectivity index (χ2v) is 6.59. The number of esters is 1. The molecule has 2 aromatic carbocycles. The zero-order valence-corrected chi connectivity index (χ0v) is 14.8. The minimum atomic E-state index is -0.442. The third-order valence-corrected chi connectivity index (χ3v) is 4.66. The van der Waals surface area contributed by atoms with Crippen molar-refractivity contribution in [1.82, 2.24) is 9.55 Å². The molecular formula is C18H14ClN3O2S. The number of aromatic nitrogens is 2. The van der Waals surface area contributed by atoms with Crippen molar-refractivity contribution in [2.24, 2.45) is 0 Å². The molecule has 3 aromatic rings. The molecule has 7 heteroatoms. The van der Waals surface area contributed by atoms with Crippen LogP contribution < -0.4 is 0 Å². The van der Waals surface area contributed by atoms with Crippen molar-refractivity contribution in [1.29, 1.82) is 5.26 Å². The highest BCUT2D eigenvalue weighted by atomic mass is 35.5. The Labute approximate surface area is 154 Å². The Balaban J connectivity index is 1.89. The Hall–Kier alpha value is -2.49. The zero-order valence-electron chi connectivity index (χ0n) is 13.2. The molecule has 0 saturated heterocycles. The summed E-state index contributed by atoms with van der Waals surface area (Å²) in [4.78, 5) is 16.3. The molecule has 0 N–H and O–H groups in total. The molecule has 0 radical (unpaired) electrons. The van der Waals surface area contributed by atoms with Crippen molar-refractivity contribution in [3.05, 3.63) is 59.1 Å². The third-order valence-electron chi connectivity index (χ3n) is 3.48. The normalized spacial score (nSPS) is 10.6. The number of carbonyl (C=O) groups excluding carboxylic acids is 1. The van der Waals surface area contributed by atoms with Crippen LogP contribution in [-0.4, -0.2) is 27.9 Å². The first kappa shape index (κ1) is 17.3. The number of hydrogen-bond donors (Lipinski definition) is 0. The minimum Gasteiger partial charge on any atom is -0.450 e. The third kappa shape index (κ3) is 4.32. The van der Waals surface area contributed by atoms with Crippen LogP contribution in [0.15, 0.2) is 53.7 Å². The molecule has 0 aliphatic carbocycles. The lowest BCUT2D eigenvalue weighted by Gasteiger charge is -2.09. The van der Waals surface area contributed by atoms with E-state index < -0.39 is 5.97 Å². The second-order valence-electron chi connectivity index (χ2n) is 5.21. The van der Waals surface area contributed by atoms with Gasteiger partial charge >= 0.3 is 5.97 Å². The van der Waals surface area contributed by atoms with Crippen LogP contribution in [0.25, 0.3) is 11.0 Å². The van der Waals surface area contributed by atoms with Gasteiger partial charge in [0.15, 0.2) is 11.8 Å². The molecular weight excluding hydrogens is 358 g/mol. The number of halogens is 1. The standard InChI is InChI=1S/C18H14ClN3O2S/c19-14-6-7-16-15(10-14)21-18(25-12-17(23)24-9-8-20)22(16)11-13-4-2-1-3-5-13/h1-7,10H,9,11-12H2. The van der Waals surface area contributed by atoms with Gasteiger partial charge < -0.3 is 9.30 Å². The van der Waals surface area contributed by atoms with E-state index in [0.717, 1.165) is 16.6 Å². The number of imidazole rings is 1. The number of nitriles is 1. The van der Waals surface area contributed by atoms with E-state index in [1.165, 1.54) is 11.8 Å². The molecule has 126 valence electrons. The van der Waals surface area contributed by atoms with Gasteiger partial charge in [-0.05, 0) is 23.8 Å². The molecule has 0 fully saturated rings. The van der Waals surface area contributed by atoms with Crippen LogP contribution in [-0.2, 0) is 16.1 Å². The van der Waals surface area contributed by atoms with Gasteiger partial charge in [0.25, 0.3) is 0 Å². The lowest BCUT2D eigenvalue weighted by Crippen LogP contribution is -2.09. The summed E-state index contributed by atoms with van der Waals surface area (Å²) in [7, 11) is 0. The van der Waals surface area contributed by atoms with Crippen molar-refractivity contribution in [2.75, 3.05) is 12.4 Å². The predicted octanol–water partition coefficient (Wildman–Crippen LogP) is 3.90. The Morgan fingerprint density at radius 1 is 1.28 bits per heavy atom. The molecule has 0 amide bonds. The molecule has 0 aliphatic rings. The van der Waals surface area contributed by atoms with Gasteiger partial charge in [-0.15, -0.1) is 0 Å². The van der Waals surface area contributed by atoms with E-state index in [1.807, 2.05) is 47.0 Å². The maximum atomic E-state index is 11.7. The first-order valence-electron chi connectivity index (χ1n) is 7.52. The average Bonchev–Trinajstić information content (AvgIpc) is 2.95. The van der Waals surface area contributed by atoms with E-state index in [1.54, 1.807) is 12.1 Å². The van der Waals surface area contributed by atoms with E-state index in [0.29, 0.717) is 16.7 Å². The number of benzene rings is 2. The Morgan fingerprint density at radius 3 is 2.84 bits per heavy atom. The summed E-state index contributed by atoms with van der Waals surface area (Å²) in [6, 6.07) is 17.3. The number of thioether (sulfide) groups is 1. The van der Waals surface area contributed by atoms with Crippen LogP contribution in [0.2, 0.25) is 5.02 Å². The fourth-order valence-electron chi connectivity index (χ4n) is 2.39. The molecule has 1 aromatic heterocycles. The van der Waals surface area contributed by atoms with E-state index >= 15 is 0 Å². The zero-order chi connectivity index (χ0) is 17.6. The lowest BCUT2D eigenvalue weighted by atomic mass is 10.2. The van der Waals surface area contributed by atoms with Crippen molar-refractivity contribution < 1.29 is 9.53 Å². The summed E-state index contributed by atoms with van der Waals surface area (Å²) in [6.45, 7) is 0.393. The van der Waals surface area contributed by atoms with E-state index in [9.17, 15) is 4.79 Å². The van der Waals surface area contributed by atoms with E-state index in [-0.39, 0.29) is 12.4 Å². The smallest absolute Gasteiger partial charge is 0.317 e. The number of nitrogens with zero attached hydrogens (tertiary/aromatic N) is 3. The molecule has 3 rings (SSSR count). The molecule has 1 heterocycles. The highest BCUT2D eigenvalue weighted by Gasteiger charge is 2.14. The number of hydrogen-bond acceptors (Lipinski definition) is 5. The molecule has 0 saturated carbocycles. The molecule has 0 spiro atoms. The van der Waals surface area contributed by atoms with Crippen LogP contribution >= 0.6 is 23.4 Å². The SMILES string of the molecule is N#CCOC(=O)CSc1nc2cc(Cl)ccc2n1Cc1ccccc1. The van der Waals surface area contributed by atoms with Gasteiger partial charge in [-0.2, -0.15) is 5.26 Å². The second kappa shape index (κ2) is 8.06. The minimum absolute atomic E-state index is 0.0908. The van der Waals surface area contributed by atoms with Gasteiger partial charge in [-0.1, -0.05) is 53.7 Å². The Kier molecular flexibility index (Phi) is 5.59. The molecule has 5 nitrogen and oxygen atoms in total. The topological polar surface area (TPSA) is 67.9 Å². The fourth-order valence-corrected chi connectivity index (χ4v) is 3.37. The van der Waals surface area contributed by atoms with Crippen molar-refractivity contribution >= 4 is 40.4 Å². The summed E-state index contributed by atoms with van der Waals surface area (Å²) in [5.74, 6) is -0.351. The van der Waals surface area contributed by atoms with Crippen molar-refractivity contribution in [3.8, 4) is 6.07 Å². The maximum Gasteiger partial charge on any atom is 0.317 e. The van der Waals surface area contributed by atoms with Gasteiger partial charge in [0.1, 0.15) is 6.07 Å². The van der Waals surface area contributed by atoms with Crippen molar-refractivity contribution in [2.45, 2.75) is 11.7 Å². The average molecular weight is 372 g/mol. The quantitative estimate of drug-likeness (QED) is 0.485. The summed E-state index contributed by atoms with van der Waals surface area (Å²) in [5, 5.41) is 9.78. The highest BCUT2D eigenvalue weighted by Crippen LogP contribution is 2.27. The largest absolute Gasteiger partial charge is 0.450 e. The van der Waals surface area contributed by atoms with E-state index in [2.05, 4.69) is 4.98 Å². The van der Waals surface area contributed by atoms with Gasteiger partial charge in [-0.25, -0.2) is 4.98 Å². The summed E-state index contributed by atoms with van der Waals surface area (Å²) in [6.07, 6.45) is 0. The lowest BCUT2D eigenvalue weighted by molar-refractivity contribution is -0.139. The van der Waals surface area contributed by atoms with Crippen LogP contribution in [0.1, 0.15) is 5.56 Å². The number of rotatable bonds is 6. The fraction of sp³-hybridized carbons (Fsp3) is 0.167. The number of carbonyl (C=O) groups is 1. The summed E-state index contributed by atoms with van der Waals surface area (Å²) in [5.41, 5.74) is 2.85. The summed E-state index contributed by atoms with van der Waals surface area (Å²) < 4.78 is 6.83. The molecule has 0 bridgehead atoms. The molecule has 0 aliphatic heterocycles. The molecule has 0 atom stereocenters. The number of ether oxygens (including phenoxy) is 1. The van der Waals surface area contributed by atoms with Gasteiger partial charge in [0.2, 0.25) is 0 Å². The van der Waals surface area contributed by atoms with Gasteiger partial charge in [-0.3, -0.25) is 4.79 Å². The monoisotopic (exact) mass is 371 g/mol. The van der Waals surface area contributed by atoms with Crippen LogP contribution in [0.3, 0.4) is 0 Å². The van der Waals surface area contributed by atoms with Gasteiger partial charge in [0, 0.05) is 5.02 Å². The predicted molar refractivity (Wildman–Crippen MR) is 97.6 cm³/mol. The molecule has 0 unspecified atom stereocenters. The van der Waals surface area contributed by atoms with Gasteiger partial charge in [0.05, 0.1) is 23.3 Å².